The fraction of sp³-hybridized carbons (Fsp3) is 0.200. The van der Waals surface area contributed by atoms with Crippen molar-refractivity contribution < 1.29 is 18.6 Å². The van der Waals surface area contributed by atoms with E-state index < -0.39 is 18.5 Å². The maximum Gasteiger partial charge on any atom is 0.270 e. The van der Waals surface area contributed by atoms with Crippen molar-refractivity contribution in [3.8, 4) is 45.4 Å². The summed E-state index contributed by atoms with van der Waals surface area (Å²) in [5.74, 6) is 0.734. The Hall–Kier alpha value is -4.62. The number of pyridine rings is 2. The van der Waals surface area contributed by atoms with Crippen molar-refractivity contribution in [2.24, 2.45) is 0 Å². The van der Waals surface area contributed by atoms with Crippen LogP contribution < -0.4 is 15.9 Å². The van der Waals surface area contributed by atoms with Crippen LogP contribution in [0, 0.1) is 13.8 Å². The van der Waals surface area contributed by atoms with Gasteiger partial charge in [-0.1, -0.05) is 46.4 Å². The zero-order chi connectivity index (χ0) is 37.1. The Balaban J connectivity index is 0.000000199. The lowest BCUT2D eigenvalue weighted by molar-refractivity contribution is 0.126. The lowest BCUT2D eigenvalue weighted by Crippen LogP contribution is -2.27. The van der Waals surface area contributed by atoms with Gasteiger partial charge < -0.3 is 14.4 Å². The Morgan fingerprint density at radius 3 is 1.57 bits per heavy atom. The number of hydrogen-bond acceptors (Lipinski definition) is 6. The standard InChI is InChI=1S/C18H15Cl2F2N3O2.C17H15Cl2N3O2/c1-10-8-23-25(17(10)20)14-7-13(19)18(26)24(9-15(21)22)16(14)11-3-5-12(27-2)6-4-11;1-3-21-15(11-4-6-12(23)7-5-11)14(8-13(18)17(21)24)22-16(19)10(2)9-20-22/h3-8,15H,9H2,1-2H3;4-9,23H,3H2,1-2H3. The third-order valence-electron chi connectivity index (χ3n) is 7.80. The molecule has 6 aromatic rings. The van der Waals surface area contributed by atoms with Gasteiger partial charge in [-0.3, -0.25) is 14.2 Å². The van der Waals surface area contributed by atoms with Gasteiger partial charge in [0.25, 0.3) is 17.5 Å². The Bertz CT molecular complexity index is 2320. The van der Waals surface area contributed by atoms with Crippen molar-refractivity contribution in [1.29, 1.82) is 0 Å². The van der Waals surface area contributed by atoms with Crippen molar-refractivity contribution >= 4 is 46.4 Å². The minimum Gasteiger partial charge on any atom is -0.508 e. The van der Waals surface area contributed by atoms with Crippen LogP contribution in [0.4, 0.5) is 8.78 Å². The van der Waals surface area contributed by atoms with Crippen LogP contribution in [-0.2, 0) is 13.1 Å². The first-order valence-electron chi connectivity index (χ1n) is 15.3. The van der Waals surface area contributed by atoms with Crippen LogP contribution in [0.5, 0.6) is 11.5 Å². The summed E-state index contributed by atoms with van der Waals surface area (Å²) in [7, 11) is 1.52. The van der Waals surface area contributed by atoms with Gasteiger partial charge in [0.15, 0.2) is 0 Å². The van der Waals surface area contributed by atoms with Crippen molar-refractivity contribution in [3.05, 3.63) is 125 Å². The lowest BCUT2D eigenvalue weighted by Gasteiger charge is -2.18. The molecule has 0 saturated heterocycles. The van der Waals surface area contributed by atoms with Gasteiger partial charge in [0.2, 0.25) is 0 Å². The van der Waals surface area contributed by atoms with Gasteiger partial charge in [-0.2, -0.15) is 10.2 Å². The second kappa shape index (κ2) is 15.7. The molecule has 0 aliphatic rings. The summed E-state index contributed by atoms with van der Waals surface area (Å²) in [5, 5.41) is 18.7. The zero-order valence-electron chi connectivity index (χ0n) is 27.5. The molecule has 0 spiro atoms. The molecule has 10 nitrogen and oxygen atoms in total. The van der Waals surface area contributed by atoms with E-state index in [0.29, 0.717) is 50.8 Å². The predicted octanol–water partition coefficient (Wildman–Crippen LogP) is 8.63. The Morgan fingerprint density at radius 1 is 0.745 bits per heavy atom. The third-order valence-corrected chi connectivity index (χ3v) is 9.26. The molecule has 6 rings (SSSR count). The molecule has 266 valence electrons. The SMILES string of the molecule is CCn1c(-c2ccc(O)cc2)c(-n2ncc(C)c2Cl)cc(Cl)c1=O.COc1ccc(-c2c(-n3ncc(C)c3Cl)cc(Cl)c(=O)n2CC(F)F)cc1. The summed E-state index contributed by atoms with van der Waals surface area (Å²) in [6, 6.07) is 16.2. The van der Waals surface area contributed by atoms with E-state index in [0.717, 1.165) is 15.7 Å². The topological polar surface area (TPSA) is 109 Å². The monoisotopic (exact) mass is 776 g/mol. The van der Waals surface area contributed by atoms with E-state index in [-0.39, 0.29) is 27.0 Å². The number of aromatic hydroxyl groups is 1. The molecule has 51 heavy (non-hydrogen) atoms. The number of halogens is 6. The van der Waals surface area contributed by atoms with Gasteiger partial charge in [0, 0.05) is 28.8 Å². The van der Waals surface area contributed by atoms with Gasteiger partial charge in [-0.25, -0.2) is 18.1 Å². The number of hydrogen-bond donors (Lipinski definition) is 1. The van der Waals surface area contributed by atoms with Crippen LogP contribution in [0.1, 0.15) is 18.1 Å². The molecule has 0 aliphatic heterocycles. The largest absolute Gasteiger partial charge is 0.508 e. The summed E-state index contributed by atoms with van der Waals surface area (Å²) >= 11 is 24.8. The molecule has 16 heteroatoms. The first kappa shape index (κ1) is 37.6. The average molecular weight is 778 g/mol. The number of benzene rings is 2. The molecule has 0 fully saturated rings. The van der Waals surface area contributed by atoms with Gasteiger partial charge in [-0.05, 0) is 81.4 Å². The Labute approximate surface area is 310 Å². The van der Waals surface area contributed by atoms with E-state index in [1.165, 1.54) is 24.1 Å². The molecule has 0 aliphatic carbocycles. The number of nitrogens with zero attached hydrogens (tertiary/aromatic N) is 6. The molecule has 0 amide bonds. The molecule has 0 radical (unpaired) electrons. The van der Waals surface area contributed by atoms with Crippen molar-refractivity contribution in [3.63, 3.8) is 0 Å². The number of alkyl halides is 2. The first-order chi connectivity index (χ1) is 24.3. The summed E-state index contributed by atoms with van der Waals surface area (Å²) in [5.41, 5.74) is 3.58. The first-order valence-corrected chi connectivity index (χ1v) is 16.8. The third kappa shape index (κ3) is 7.69. The van der Waals surface area contributed by atoms with E-state index >= 15 is 0 Å². The molecular weight excluding hydrogens is 748 g/mol. The second-order valence-electron chi connectivity index (χ2n) is 11.1. The van der Waals surface area contributed by atoms with E-state index in [4.69, 9.17) is 51.1 Å². The number of phenols is 1. The molecule has 4 aromatic heterocycles. The van der Waals surface area contributed by atoms with Gasteiger partial charge in [0.1, 0.15) is 31.9 Å². The van der Waals surface area contributed by atoms with Gasteiger partial charge in [0.05, 0.1) is 48.8 Å². The molecule has 0 bridgehead atoms. The minimum absolute atomic E-state index is 0.0959. The van der Waals surface area contributed by atoms with Crippen molar-refractivity contribution in [1.82, 2.24) is 28.7 Å². The highest BCUT2D eigenvalue weighted by atomic mass is 35.5. The summed E-state index contributed by atoms with van der Waals surface area (Å²) in [6.07, 6.45) is 0.440. The molecule has 1 N–H and O–H groups in total. The number of aryl methyl sites for hydroxylation is 2. The van der Waals surface area contributed by atoms with Crippen LogP contribution in [0.3, 0.4) is 0 Å². The summed E-state index contributed by atoms with van der Waals surface area (Å²) < 4.78 is 36.9. The highest BCUT2D eigenvalue weighted by Gasteiger charge is 2.22. The van der Waals surface area contributed by atoms with Gasteiger partial charge in [-0.15, -0.1) is 0 Å². The minimum atomic E-state index is -2.75. The van der Waals surface area contributed by atoms with Crippen LogP contribution >= 0.6 is 46.4 Å². The van der Waals surface area contributed by atoms with Crippen LogP contribution in [0.15, 0.2) is 82.6 Å². The number of phenolic OH excluding ortho intramolecular Hbond substituents is 1. The smallest absolute Gasteiger partial charge is 0.270 e. The van der Waals surface area contributed by atoms with Crippen LogP contribution in [0.25, 0.3) is 33.9 Å². The molecule has 4 heterocycles. The molecule has 0 atom stereocenters. The second-order valence-corrected chi connectivity index (χ2v) is 12.7. The maximum absolute atomic E-state index is 13.2. The number of aromatic nitrogens is 6. The van der Waals surface area contributed by atoms with E-state index in [1.54, 1.807) is 77.0 Å². The van der Waals surface area contributed by atoms with E-state index in [9.17, 15) is 23.5 Å². The number of methoxy groups -OCH3 is 1. The maximum atomic E-state index is 13.2. The van der Waals surface area contributed by atoms with Crippen LogP contribution in [-0.4, -0.2) is 47.3 Å². The number of rotatable bonds is 8. The van der Waals surface area contributed by atoms with E-state index in [1.807, 2.05) is 13.8 Å². The molecule has 0 unspecified atom stereocenters. The van der Waals surface area contributed by atoms with Gasteiger partial charge >= 0.3 is 0 Å². The Kier molecular flexibility index (Phi) is 11.6. The predicted molar refractivity (Wildman–Crippen MR) is 196 cm³/mol. The van der Waals surface area contributed by atoms with Crippen LogP contribution in [0.2, 0.25) is 20.4 Å². The van der Waals surface area contributed by atoms with E-state index in [2.05, 4.69) is 10.2 Å². The number of ether oxygens (including phenoxy) is 1. The molecular formula is C35H30Cl4F2N6O4. The fourth-order valence-electron chi connectivity index (χ4n) is 5.32. The summed E-state index contributed by atoms with van der Waals surface area (Å²) in [4.78, 5) is 25.0. The molecule has 0 saturated carbocycles. The zero-order valence-corrected chi connectivity index (χ0v) is 30.6. The average Bonchev–Trinajstić information content (AvgIpc) is 3.63. The highest BCUT2D eigenvalue weighted by Crippen LogP contribution is 2.33. The fourth-order valence-corrected chi connectivity index (χ4v) is 6.09. The quantitative estimate of drug-likeness (QED) is 0.166. The summed E-state index contributed by atoms with van der Waals surface area (Å²) in [6.45, 7) is 5.09. The molecule has 2 aromatic carbocycles. The lowest BCUT2D eigenvalue weighted by atomic mass is 10.1. The Morgan fingerprint density at radius 2 is 1.18 bits per heavy atom. The van der Waals surface area contributed by atoms with Crippen molar-refractivity contribution in [2.75, 3.05) is 7.11 Å². The normalized spacial score (nSPS) is 11.1. The van der Waals surface area contributed by atoms with Crippen molar-refractivity contribution in [2.45, 2.75) is 40.3 Å². The highest BCUT2D eigenvalue weighted by molar-refractivity contribution is 6.32.